The summed E-state index contributed by atoms with van der Waals surface area (Å²) in [6, 6.07) is 7.33. The molecule has 3 aromatic heterocycles. The second-order valence-electron chi connectivity index (χ2n) is 4.39. The minimum atomic E-state index is -0.444. The second-order valence-corrected chi connectivity index (χ2v) is 5.34. The summed E-state index contributed by atoms with van der Waals surface area (Å²) in [5, 5.41) is 10.3. The molecule has 0 saturated heterocycles. The van der Waals surface area contributed by atoms with Crippen molar-refractivity contribution in [3.05, 3.63) is 41.4 Å². The lowest BCUT2D eigenvalue weighted by Gasteiger charge is -2.07. The fourth-order valence-electron chi connectivity index (χ4n) is 2.13. The first kappa shape index (κ1) is 13.3. The first-order valence-electron chi connectivity index (χ1n) is 6.15. The van der Waals surface area contributed by atoms with E-state index in [0.29, 0.717) is 22.3 Å². The number of nitrogens with zero attached hydrogens (tertiary/aromatic N) is 2. The average Bonchev–Trinajstić information content (AvgIpc) is 3.05. The molecule has 3 aromatic rings. The van der Waals surface area contributed by atoms with Crippen molar-refractivity contribution in [1.29, 1.82) is 5.41 Å². The third-order valence-corrected chi connectivity index (χ3v) is 3.84. The smallest absolute Gasteiger partial charge is 0.329 e. The molecule has 0 aliphatic carbocycles. The number of carbonyl (C=O) groups excluding carboxylic acids is 1. The fraction of sp³-hybridized carbons (Fsp3) is 0.0714. The van der Waals surface area contributed by atoms with Gasteiger partial charge in [-0.25, -0.2) is 9.78 Å². The van der Waals surface area contributed by atoms with E-state index in [-0.39, 0.29) is 5.84 Å². The van der Waals surface area contributed by atoms with E-state index in [0.717, 1.165) is 4.88 Å². The van der Waals surface area contributed by atoms with Gasteiger partial charge in [0.1, 0.15) is 11.5 Å². The maximum absolute atomic E-state index is 11.4. The van der Waals surface area contributed by atoms with E-state index in [9.17, 15) is 4.79 Å². The van der Waals surface area contributed by atoms with Gasteiger partial charge in [0.05, 0.1) is 4.88 Å². The molecule has 0 amide bonds. The minimum Gasteiger partial charge on any atom is -0.384 e. The molecule has 0 radical (unpaired) electrons. The number of amidine groups is 1. The van der Waals surface area contributed by atoms with Crippen molar-refractivity contribution in [3.63, 3.8) is 0 Å². The lowest BCUT2D eigenvalue weighted by molar-refractivity contribution is -0.140. The Kier molecular flexibility index (Phi) is 3.19. The van der Waals surface area contributed by atoms with Crippen LogP contribution >= 0.6 is 11.3 Å². The van der Waals surface area contributed by atoms with Crippen molar-refractivity contribution >= 4 is 34.2 Å². The van der Waals surface area contributed by atoms with E-state index in [1.165, 1.54) is 29.2 Å². The van der Waals surface area contributed by atoms with Gasteiger partial charge in [-0.15, -0.1) is 11.3 Å². The Balaban J connectivity index is 2.33. The molecule has 0 aliphatic heterocycles. The van der Waals surface area contributed by atoms with E-state index in [1.807, 2.05) is 23.6 Å². The summed E-state index contributed by atoms with van der Waals surface area (Å²) in [6.45, 7) is 1.33. The predicted molar refractivity (Wildman–Crippen MR) is 81.3 cm³/mol. The third-order valence-electron chi connectivity index (χ3n) is 2.94. The van der Waals surface area contributed by atoms with Crippen LogP contribution in [-0.4, -0.2) is 21.5 Å². The molecule has 3 rings (SSSR count). The summed E-state index contributed by atoms with van der Waals surface area (Å²) in [4.78, 5) is 21.8. The Bertz CT molecular complexity index is 836. The summed E-state index contributed by atoms with van der Waals surface area (Å²) in [6.07, 6.45) is 1.54. The summed E-state index contributed by atoms with van der Waals surface area (Å²) >= 11 is 1.52. The van der Waals surface area contributed by atoms with Gasteiger partial charge in [0.15, 0.2) is 5.65 Å². The second kappa shape index (κ2) is 5.02. The van der Waals surface area contributed by atoms with Crippen LogP contribution in [0.15, 0.2) is 35.8 Å². The number of hydrogen-bond acceptors (Lipinski definition) is 5. The molecule has 3 heterocycles. The van der Waals surface area contributed by atoms with Crippen molar-refractivity contribution in [2.24, 2.45) is 5.73 Å². The van der Waals surface area contributed by atoms with Gasteiger partial charge < -0.3 is 10.6 Å². The molecule has 0 bridgehead atoms. The topological polar surface area (TPSA) is 94.0 Å². The van der Waals surface area contributed by atoms with Crippen LogP contribution in [0.3, 0.4) is 0 Å². The maximum atomic E-state index is 11.4. The fourth-order valence-corrected chi connectivity index (χ4v) is 2.85. The number of nitrogens with one attached hydrogen (secondary N) is 1. The van der Waals surface area contributed by atoms with Crippen LogP contribution in [0.25, 0.3) is 21.6 Å². The minimum absolute atomic E-state index is 0.0555. The molecule has 0 aliphatic rings. The highest BCUT2D eigenvalue weighted by atomic mass is 32.1. The number of fused-ring (bicyclic) bond motifs is 1. The molecule has 6 nitrogen and oxygen atoms in total. The third kappa shape index (κ3) is 2.27. The molecule has 106 valence electrons. The lowest BCUT2D eigenvalue weighted by Crippen LogP contribution is -2.18. The molecule has 0 saturated carbocycles. The highest BCUT2D eigenvalue weighted by Gasteiger charge is 2.18. The molecule has 0 fully saturated rings. The molecule has 3 N–H and O–H groups in total. The number of nitrogen functional groups attached to an aromatic ring is 1. The largest absolute Gasteiger partial charge is 0.384 e. The molecule has 0 unspecified atom stereocenters. The molecule has 21 heavy (non-hydrogen) atoms. The van der Waals surface area contributed by atoms with E-state index in [2.05, 4.69) is 4.98 Å². The van der Waals surface area contributed by atoms with Crippen LogP contribution in [0, 0.1) is 5.41 Å². The van der Waals surface area contributed by atoms with E-state index >= 15 is 0 Å². The highest BCUT2D eigenvalue weighted by Crippen LogP contribution is 2.31. The number of nitrogens with two attached hydrogens (primary N) is 1. The Morgan fingerprint density at radius 2 is 2.29 bits per heavy atom. The van der Waals surface area contributed by atoms with Crippen LogP contribution in [0.4, 0.5) is 0 Å². The Hall–Kier alpha value is -2.67. The van der Waals surface area contributed by atoms with Crippen LogP contribution in [0.5, 0.6) is 0 Å². The van der Waals surface area contributed by atoms with Crippen LogP contribution in [-0.2, 0) is 4.79 Å². The number of hydrogen-bond donors (Lipinski definition) is 2. The van der Waals surface area contributed by atoms with E-state index < -0.39 is 5.97 Å². The van der Waals surface area contributed by atoms with E-state index in [1.54, 1.807) is 6.07 Å². The van der Waals surface area contributed by atoms with Gasteiger partial charge in [-0.2, -0.15) is 4.73 Å². The van der Waals surface area contributed by atoms with Gasteiger partial charge in [-0.05, 0) is 23.6 Å². The van der Waals surface area contributed by atoms with Gasteiger partial charge in [0.2, 0.25) is 0 Å². The number of rotatable bonds is 3. The number of thiophene rings is 1. The molecule has 0 spiro atoms. The van der Waals surface area contributed by atoms with Gasteiger partial charge in [0, 0.05) is 24.1 Å². The predicted octanol–water partition coefficient (Wildman–Crippen LogP) is 2.02. The first-order chi connectivity index (χ1) is 10.1. The van der Waals surface area contributed by atoms with Gasteiger partial charge in [-0.1, -0.05) is 6.07 Å². The maximum Gasteiger partial charge on any atom is 0.329 e. The van der Waals surface area contributed by atoms with Gasteiger partial charge in [0.25, 0.3) is 0 Å². The van der Waals surface area contributed by atoms with Crippen molar-refractivity contribution in [2.75, 3.05) is 0 Å². The standard InChI is InChI=1S/C14H12N4O2S/c1-8(19)20-18-11(12-3-2-6-21-12)7-10-9(13(15)16)4-5-17-14(10)18/h2-7H,1H3,(H3,15,16). The van der Waals surface area contributed by atoms with Gasteiger partial charge in [-0.3, -0.25) is 5.41 Å². The van der Waals surface area contributed by atoms with E-state index in [4.69, 9.17) is 16.0 Å². The SMILES string of the molecule is CC(=O)On1c(-c2cccs2)cc2c(C(=N)N)ccnc21. The Labute approximate surface area is 124 Å². The number of aromatic nitrogens is 2. The zero-order chi connectivity index (χ0) is 15.0. The van der Waals surface area contributed by atoms with Crippen LogP contribution in [0.1, 0.15) is 12.5 Å². The van der Waals surface area contributed by atoms with Crippen molar-refractivity contribution in [3.8, 4) is 10.6 Å². The van der Waals surface area contributed by atoms with Crippen molar-refractivity contribution in [1.82, 2.24) is 9.71 Å². The lowest BCUT2D eigenvalue weighted by atomic mass is 10.1. The van der Waals surface area contributed by atoms with Gasteiger partial charge >= 0.3 is 5.97 Å². The average molecular weight is 300 g/mol. The highest BCUT2D eigenvalue weighted by molar-refractivity contribution is 7.13. The summed E-state index contributed by atoms with van der Waals surface area (Å²) in [5.74, 6) is -0.500. The quantitative estimate of drug-likeness (QED) is 0.571. The number of pyridine rings is 1. The summed E-state index contributed by atoms with van der Waals surface area (Å²) in [5.41, 5.74) is 7.32. The summed E-state index contributed by atoms with van der Waals surface area (Å²) < 4.78 is 1.38. The molecular formula is C14H12N4O2S. The Morgan fingerprint density at radius 1 is 1.48 bits per heavy atom. The normalized spacial score (nSPS) is 10.7. The van der Waals surface area contributed by atoms with Crippen LogP contribution < -0.4 is 10.6 Å². The molecule has 7 heteroatoms. The molecular weight excluding hydrogens is 288 g/mol. The number of carbonyl (C=O) groups is 1. The van der Waals surface area contributed by atoms with Crippen LogP contribution in [0.2, 0.25) is 0 Å². The first-order valence-corrected chi connectivity index (χ1v) is 7.03. The van der Waals surface area contributed by atoms with Crippen molar-refractivity contribution in [2.45, 2.75) is 6.92 Å². The monoisotopic (exact) mass is 300 g/mol. The summed E-state index contributed by atoms with van der Waals surface area (Å²) in [7, 11) is 0. The molecule has 0 aromatic carbocycles. The Morgan fingerprint density at radius 3 is 2.90 bits per heavy atom. The zero-order valence-electron chi connectivity index (χ0n) is 11.2. The molecule has 0 atom stereocenters. The zero-order valence-corrected chi connectivity index (χ0v) is 12.0. The van der Waals surface area contributed by atoms with Crippen molar-refractivity contribution < 1.29 is 9.63 Å².